The molecule has 2 rings (SSSR count). The lowest BCUT2D eigenvalue weighted by Crippen LogP contribution is -2.14. The van der Waals surface area contributed by atoms with E-state index < -0.39 is 5.97 Å². The fourth-order valence-electron chi connectivity index (χ4n) is 1.78. The van der Waals surface area contributed by atoms with Crippen LogP contribution in [0.1, 0.15) is 41.6 Å². The van der Waals surface area contributed by atoms with Gasteiger partial charge in [0.1, 0.15) is 17.2 Å². The van der Waals surface area contributed by atoms with E-state index in [2.05, 4.69) is 9.97 Å². The van der Waals surface area contributed by atoms with Crippen LogP contribution in [0.15, 0.2) is 0 Å². The first kappa shape index (κ1) is 11.8. The highest BCUT2D eigenvalue weighted by atomic mass is 16.5. The molecule has 1 heterocycles. The molecule has 2 N–H and O–H groups in total. The van der Waals surface area contributed by atoms with Gasteiger partial charge < -0.3 is 10.5 Å². The van der Waals surface area contributed by atoms with Crippen LogP contribution in [-0.2, 0) is 11.2 Å². The minimum atomic E-state index is -0.444. The Hall–Kier alpha value is -1.65. The average Bonchev–Trinajstić information content (AvgIpc) is 3.00. The fourth-order valence-corrected chi connectivity index (χ4v) is 1.78. The maximum atomic E-state index is 11.6. The standard InChI is InChI=1S/C12H17N3O2/c1-3-17-12(16)10-7(2)14-9(15-11(10)13)6-8-4-5-8/h8H,3-6H2,1-2H3,(H2,13,14,15). The molecule has 0 unspecified atom stereocenters. The normalized spacial score (nSPS) is 14.7. The largest absolute Gasteiger partial charge is 0.462 e. The number of esters is 1. The number of hydrogen-bond donors (Lipinski definition) is 1. The molecule has 1 aliphatic rings. The van der Waals surface area contributed by atoms with Gasteiger partial charge in [0.2, 0.25) is 0 Å². The van der Waals surface area contributed by atoms with Crippen LogP contribution < -0.4 is 5.73 Å². The summed E-state index contributed by atoms with van der Waals surface area (Å²) >= 11 is 0. The molecule has 1 saturated carbocycles. The van der Waals surface area contributed by atoms with Crippen molar-refractivity contribution in [2.75, 3.05) is 12.3 Å². The van der Waals surface area contributed by atoms with Gasteiger partial charge in [-0.25, -0.2) is 14.8 Å². The van der Waals surface area contributed by atoms with Crippen LogP contribution >= 0.6 is 0 Å². The Morgan fingerprint density at radius 3 is 2.71 bits per heavy atom. The van der Waals surface area contributed by atoms with E-state index in [-0.39, 0.29) is 5.82 Å². The van der Waals surface area contributed by atoms with Gasteiger partial charge in [0.15, 0.2) is 0 Å². The fraction of sp³-hybridized carbons (Fsp3) is 0.583. The van der Waals surface area contributed by atoms with Crippen LogP contribution in [-0.4, -0.2) is 22.5 Å². The zero-order valence-electron chi connectivity index (χ0n) is 10.2. The number of carbonyl (C=O) groups is 1. The Bertz CT molecular complexity index is 418. The number of nitrogens with two attached hydrogens (primary N) is 1. The number of aryl methyl sites for hydroxylation is 1. The molecule has 1 aromatic rings. The number of carbonyl (C=O) groups excluding carboxylic acids is 1. The number of anilines is 1. The molecule has 17 heavy (non-hydrogen) atoms. The molecule has 0 saturated heterocycles. The first-order valence-electron chi connectivity index (χ1n) is 5.92. The van der Waals surface area contributed by atoms with E-state index in [0.29, 0.717) is 23.8 Å². The second-order valence-corrected chi connectivity index (χ2v) is 4.35. The minimum absolute atomic E-state index is 0.228. The summed E-state index contributed by atoms with van der Waals surface area (Å²) in [6, 6.07) is 0. The van der Waals surface area contributed by atoms with Crippen LogP contribution in [0.5, 0.6) is 0 Å². The number of hydrogen-bond acceptors (Lipinski definition) is 5. The average molecular weight is 235 g/mol. The molecule has 0 aromatic carbocycles. The Morgan fingerprint density at radius 1 is 1.47 bits per heavy atom. The molecule has 1 fully saturated rings. The topological polar surface area (TPSA) is 78.1 Å². The molecular formula is C12H17N3O2. The van der Waals surface area contributed by atoms with Crippen molar-refractivity contribution < 1.29 is 9.53 Å². The molecule has 5 nitrogen and oxygen atoms in total. The first-order chi connectivity index (χ1) is 8.11. The summed E-state index contributed by atoms with van der Waals surface area (Å²) in [6.07, 6.45) is 3.33. The Balaban J connectivity index is 2.24. The van der Waals surface area contributed by atoms with Crippen LogP contribution in [0, 0.1) is 12.8 Å². The van der Waals surface area contributed by atoms with E-state index in [0.717, 1.165) is 12.2 Å². The SMILES string of the molecule is CCOC(=O)c1c(C)nc(CC2CC2)nc1N. The third kappa shape index (κ3) is 2.72. The second kappa shape index (κ2) is 4.69. The van der Waals surface area contributed by atoms with Gasteiger partial charge in [0, 0.05) is 6.42 Å². The quantitative estimate of drug-likeness (QED) is 0.800. The molecule has 0 aliphatic heterocycles. The summed E-state index contributed by atoms with van der Waals surface area (Å²) in [6.45, 7) is 3.84. The molecule has 0 atom stereocenters. The van der Waals surface area contributed by atoms with E-state index in [1.165, 1.54) is 12.8 Å². The number of nitrogen functional groups attached to an aromatic ring is 1. The van der Waals surface area contributed by atoms with Crippen molar-refractivity contribution in [1.29, 1.82) is 0 Å². The van der Waals surface area contributed by atoms with E-state index in [1.807, 2.05) is 0 Å². The maximum Gasteiger partial charge on any atom is 0.343 e. The van der Waals surface area contributed by atoms with Crippen LogP contribution in [0.4, 0.5) is 5.82 Å². The lowest BCUT2D eigenvalue weighted by Gasteiger charge is -2.09. The highest BCUT2D eigenvalue weighted by Gasteiger charge is 2.24. The summed E-state index contributed by atoms with van der Waals surface area (Å²) in [4.78, 5) is 20.2. The Kier molecular flexibility index (Phi) is 3.26. The predicted octanol–water partition coefficient (Wildman–Crippen LogP) is 1.50. The first-order valence-corrected chi connectivity index (χ1v) is 5.92. The third-order valence-corrected chi connectivity index (χ3v) is 2.81. The van der Waals surface area contributed by atoms with Gasteiger partial charge in [0.25, 0.3) is 0 Å². The summed E-state index contributed by atoms with van der Waals surface area (Å²) < 4.78 is 4.92. The lowest BCUT2D eigenvalue weighted by molar-refractivity contribution is 0.0526. The third-order valence-electron chi connectivity index (χ3n) is 2.81. The van der Waals surface area contributed by atoms with E-state index in [4.69, 9.17) is 10.5 Å². The van der Waals surface area contributed by atoms with E-state index in [1.54, 1.807) is 13.8 Å². The van der Waals surface area contributed by atoms with Crippen molar-refractivity contribution >= 4 is 11.8 Å². The Morgan fingerprint density at radius 2 is 2.18 bits per heavy atom. The van der Waals surface area contributed by atoms with Gasteiger partial charge in [-0.2, -0.15) is 0 Å². The van der Waals surface area contributed by atoms with Crippen molar-refractivity contribution in [3.05, 3.63) is 17.1 Å². The van der Waals surface area contributed by atoms with Gasteiger partial charge in [0.05, 0.1) is 12.3 Å². The number of rotatable bonds is 4. The van der Waals surface area contributed by atoms with Gasteiger partial charge in [-0.05, 0) is 32.6 Å². The lowest BCUT2D eigenvalue weighted by atomic mass is 10.2. The predicted molar refractivity (Wildman–Crippen MR) is 63.6 cm³/mol. The summed E-state index contributed by atoms with van der Waals surface area (Å²) in [5.74, 6) is 1.21. The molecule has 0 radical (unpaired) electrons. The van der Waals surface area contributed by atoms with Gasteiger partial charge in [-0.3, -0.25) is 0 Å². The number of ether oxygens (including phenoxy) is 1. The minimum Gasteiger partial charge on any atom is -0.462 e. The number of nitrogens with zero attached hydrogens (tertiary/aromatic N) is 2. The monoisotopic (exact) mass is 235 g/mol. The summed E-state index contributed by atoms with van der Waals surface area (Å²) in [7, 11) is 0. The molecule has 1 aliphatic carbocycles. The maximum absolute atomic E-state index is 11.6. The van der Waals surface area contributed by atoms with E-state index in [9.17, 15) is 4.79 Å². The van der Waals surface area contributed by atoms with Gasteiger partial charge in [-0.15, -0.1) is 0 Å². The number of aromatic nitrogens is 2. The Labute approximate surface area is 100 Å². The van der Waals surface area contributed by atoms with Crippen molar-refractivity contribution in [2.24, 2.45) is 5.92 Å². The van der Waals surface area contributed by atoms with Crippen molar-refractivity contribution in [3.8, 4) is 0 Å². The van der Waals surface area contributed by atoms with Crippen molar-refractivity contribution in [2.45, 2.75) is 33.1 Å². The van der Waals surface area contributed by atoms with Gasteiger partial charge in [-0.1, -0.05) is 0 Å². The highest BCUT2D eigenvalue weighted by molar-refractivity contribution is 5.95. The zero-order chi connectivity index (χ0) is 12.4. The molecule has 5 heteroatoms. The van der Waals surface area contributed by atoms with E-state index >= 15 is 0 Å². The van der Waals surface area contributed by atoms with Crippen molar-refractivity contribution in [3.63, 3.8) is 0 Å². The second-order valence-electron chi connectivity index (χ2n) is 4.35. The summed E-state index contributed by atoms with van der Waals surface area (Å²) in [5, 5.41) is 0. The summed E-state index contributed by atoms with van der Waals surface area (Å²) in [5.41, 5.74) is 6.70. The van der Waals surface area contributed by atoms with Crippen LogP contribution in [0.2, 0.25) is 0 Å². The molecule has 1 aromatic heterocycles. The molecular weight excluding hydrogens is 218 g/mol. The molecule has 0 spiro atoms. The molecule has 92 valence electrons. The highest BCUT2D eigenvalue weighted by Crippen LogP contribution is 2.32. The smallest absolute Gasteiger partial charge is 0.343 e. The van der Waals surface area contributed by atoms with Crippen molar-refractivity contribution in [1.82, 2.24) is 9.97 Å². The zero-order valence-corrected chi connectivity index (χ0v) is 10.2. The van der Waals surface area contributed by atoms with Crippen LogP contribution in [0.3, 0.4) is 0 Å². The molecule has 0 bridgehead atoms. The van der Waals surface area contributed by atoms with Gasteiger partial charge >= 0.3 is 5.97 Å². The molecule has 0 amide bonds. The van der Waals surface area contributed by atoms with Crippen LogP contribution in [0.25, 0.3) is 0 Å².